The minimum Gasteiger partial charge on any atom is -0.426 e. The molecular formula is C17H17NO3. The number of carbonyl (C=O) groups is 2. The van der Waals surface area contributed by atoms with Crippen LogP contribution in [0.3, 0.4) is 0 Å². The predicted octanol–water partition coefficient (Wildman–Crippen LogP) is 2.35. The molecule has 2 aromatic rings. The van der Waals surface area contributed by atoms with Crippen molar-refractivity contribution >= 4 is 12.3 Å². The minimum atomic E-state index is -0.460. The lowest BCUT2D eigenvalue weighted by Crippen LogP contribution is -2.19. The Morgan fingerprint density at radius 3 is 2.52 bits per heavy atom. The normalized spacial score (nSPS) is 10.1. The molecule has 0 bridgehead atoms. The van der Waals surface area contributed by atoms with Gasteiger partial charge >= 0.3 is 5.97 Å². The molecule has 0 aliphatic heterocycles. The van der Waals surface area contributed by atoms with Gasteiger partial charge in [0.25, 0.3) is 0 Å². The molecule has 0 unspecified atom stereocenters. The third-order valence-electron chi connectivity index (χ3n) is 3.06. The van der Waals surface area contributed by atoms with Gasteiger partial charge in [0.05, 0.1) is 6.54 Å². The first kappa shape index (κ1) is 14.9. The summed E-state index contributed by atoms with van der Waals surface area (Å²) in [5.74, 6) is 0.0184. The molecular weight excluding hydrogens is 266 g/mol. The van der Waals surface area contributed by atoms with Crippen molar-refractivity contribution in [2.24, 2.45) is 5.73 Å². The van der Waals surface area contributed by atoms with Gasteiger partial charge in [-0.15, -0.1) is 0 Å². The Balaban J connectivity index is 2.14. The van der Waals surface area contributed by atoms with Gasteiger partial charge in [0, 0.05) is 6.42 Å². The van der Waals surface area contributed by atoms with Gasteiger partial charge in [-0.2, -0.15) is 0 Å². The lowest BCUT2D eigenvalue weighted by molar-refractivity contribution is -0.132. The molecule has 0 aliphatic carbocycles. The second-order valence-corrected chi connectivity index (χ2v) is 4.61. The molecule has 4 nitrogen and oxygen atoms in total. The predicted molar refractivity (Wildman–Crippen MR) is 81.0 cm³/mol. The zero-order valence-corrected chi connectivity index (χ0v) is 11.6. The first-order valence-corrected chi connectivity index (χ1v) is 6.76. The number of aryl methyl sites for hydroxylation is 1. The Morgan fingerprint density at radius 2 is 1.86 bits per heavy atom. The van der Waals surface area contributed by atoms with E-state index in [1.165, 1.54) is 0 Å². The molecule has 108 valence electrons. The molecule has 0 aliphatic rings. The number of rotatable bonds is 6. The summed E-state index contributed by atoms with van der Waals surface area (Å²) in [6.45, 7) is -0.138. The number of carbonyl (C=O) groups excluding carboxylic acids is 2. The van der Waals surface area contributed by atoms with Crippen molar-refractivity contribution < 1.29 is 14.3 Å². The number of nitrogens with two attached hydrogens (primary N) is 1. The van der Waals surface area contributed by atoms with Gasteiger partial charge < -0.3 is 15.3 Å². The number of hydrogen-bond donors (Lipinski definition) is 1. The first-order valence-electron chi connectivity index (χ1n) is 6.76. The van der Waals surface area contributed by atoms with E-state index in [9.17, 15) is 9.59 Å². The van der Waals surface area contributed by atoms with Crippen molar-refractivity contribution in [2.45, 2.75) is 12.8 Å². The van der Waals surface area contributed by atoms with E-state index in [1.807, 2.05) is 30.3 Å². The van der Waals surface area contributed by atoms with E-state index in [-0.39, 0.29) is 6.54 Å². The van der Waals surface area contributed by atoms with Crippen molar-refractivity contribution in [3.63, 3.8) is 0 Å². The van der Waals surface area contributed by atoms with Crippen LogP contribution < -0.4 is 10.5 Å². The fraction of sp³-hybridized carbons (Fsp3) is 0.176. The zero-order chi connectivity index (χ0) is 15.1. The molecule has 21 heavy (non-hydrogen) atoms. The second-order valence-electron chi connectivity index (χ2n) is 4.61. The number of aldehydes is 1. The Kier molecular flexibility index (Phi) is 5.23. The number of ether oxygens (including phenoxy) is 1. The Morgan fingerprint density at radius 1 is 1.10 bits per heavy atom. The van der Waals surface area contributed by atoms with Crippen molar-refractivity contribution in [3.8, 4) is 16.9 Å². The van der Waals surface area contributed by atoms with E-state index in [2.05, 4.69) is 6.07 Å². The van der Waals surface area contributed by atoms with Crippen LogP contribution in [0, 0.1) is 0 Å². The van der Waals surface area contributed by atoms with Gasteiger partial charge in [0.2, 0.25) is 0 Å². The summed E-state index contributed by atoms with van der Waals surface area (Å²) in [7, 11) is 0. The third kappa shape index (κ3) is 4.26. The SMILES string of the molecule is NCC(=O)Oc1ccc(-c2cccc(CCC=O)c2)cc1. The Hall–Kier alpha value is -2.46. The fourth-order valence-corrected chi connectivity index (χ4v) is 2.02. The van der Waals surface area contributed by atoms with Gasteiger partial charge in [0.15, 0.2) is 0 Å². The molecule has 2 N–H and O–H groups in total. The number of esters is 1. The standard InChI is InChI=1S/C17H17NO3/c18-12-17(20)21-16-8-6-14(7-9-16)15-5-1-3-13(11-15)4-2-10-19/h1,3,5-11H,2,4,12,18H2. The number of benzene rings is 2. The Bertz CT molecular complexity index is 620. The van der Waals surface area contributed by atoms with Crippen LogP contribution in [0.5, 0.6) is 5.75 Å². The molecule has 0 saturated carbocycles. The van der Waals surface area contributed by atoms with E-state index >= 15 is 0 Å². The van der Waals surface area contributed by atoms with Crippen LogP contribution in [0.4, 0.5) is 0 Å². The van der Waals surface area contributed by atoms with Gasteiger partial charge in [-0.05, 0) is 35.2 Å². The van der Waals surface area contributed by atoms with Gasteiger partial charge in [0.1, 0.15) is 12.0 Å². The molecule has 0 spiro atoms. The van der Waals surface area contributed by atoms with E-state index in [1.54, 1.807) is 12.1 Å². The van der Waals surface area contributed by atoms with Gasteiger partial charge in [-0.3, -0.25) is 4.79 Å². The highest BCUT2D eigenvalue weighted by atomic mass is 16.5. The number of hydrogen-bond acceptors (Lipinski definition) is 4. The average Bonchev–Trinajstić information content (AvgIpc) is 2.53. The summed E-state index contributed by atoms with van der Waals surface area (Å²) >= 11 is 0. The Labute approximate surface area is 123 Å². The van der Waals surface area contributed by atoms with Crippen molar-refractivity contribution in [1.29, 1.82) is 0 Å². The van der Waals surface area contributed by atoms with E-state index in [4.69, 9.17) is 10.5 Å². The summed E-state index contributed by atoms with van der Waals surface area (Å²) in [5.41, 5.74) is 8.41. The molecule has 4 heteroatoms. The van der Waals surface area contributed by atoms with E-state index in [0.29, 0.717) is 12.2 Å². The summed E-state index contributed by atoms with van der Waals surface area (Å²) in [5, 5.41) is 0. The highest BCUT2D eigenvalue weighted by Gasteiger charge is 2.03. The van der Waals surface area contributed by atoms with Crippen molar-refractivity contribution in [2.75, 3.05) is 6.54 Å². The summed E-state index contributed by atoms with van der Waals surface area (Å²) in [6.07, 6.45) is 2.19. The lowest BCUT2D eigenvalue weighted by atomic mass is 10.0. The third-order valence-corrected chi connectivity index (χ3v) is 3.06. The van der Waals surface area contributed by atoms with E-state index in [0.717, 1.165) is 29.4 Å². The maximum Gasteiger partial charge on any atom is 0.325 e. The smallest absolute Gasteiger partial charge is 0.325 e. The van der Waals surface area contributed by atoms with Crippen LogP contribution >= 0.6 is 0 Å². The van der Waals surface area contributed by atoms with Crippen LogP contribution in [-0.4, -0.2) is 18.8 Å². The van der Waals surface area contributed by atoms with Crippen LogP contribution in [-0.2, 0) is 16.0 Å². The lowest BCUT2D eigenvalue weighted by Gasteiger charge is -2.06. The largest absolute Gasteiger partial charge is 0.426 e. The van der Waals surface area contributed by atoms with Gasteiger partial charge in [-0.25, -0.2) is 0 Å². The van der Waals surface area contributed by atoms with Crippen LogP contribution in [0.25, 0.3) is 11.1 Å². The molecule has 0 aromatic heterocycles. The van der Waals surface area contributed by atoms with E-state index < -0.39 is 5.97 Å². The van der Waals surface area contributed by atoms with Crippen LogP contribution in [0.2, 0.25) is 0 Å². The minimum absolute atomic E-state index is 0.138. The quantitative estimate of drug-likeness (QED) is 0.502. The molecule has 0 radical (unpaired) electrons. The molecule has 2 rings (SSSR count). The van der Waals surface area contributed by atoms with Crippen molar-refractivity contribution in [3.05, 3.63) is 54.1 Å². The maximum atomic E-state index is 11.1. The van der Waals surface area contributed by atoms with Gasteiger partial charge in [-0.1, -0.05) is 36.4 Å². The summed E-state index contributed by atoms with van der Waals surface area (Å²) in [4.78, 5) is 21.5. The summed E-state index contributed by atoms with van der Waals surface area (Å²) in [6, 6.07) is 15.3. The molecule has 2 aromatic carbocycles. The second kappa shape index (κ2) is 7.36. The summed E-state index contributed by atoms with van der Waals surface area (Å²) < 4.78 is 5.03. The average molecular weight is 283 g/mol. The first-order chi connectivity index (χ1) is 10.2. The topological polar surface area (TPSA) is 69.4 Å². The highest BCUT2D eigenvalue weighted by molar-refractivity contribution is 5.74. The zero-order valence-electron chi connectivity index (χ0n) is 11.6. The molecule has 0 fully saturated rings. The molecule has 0 saturated heterocycles. The maximum absolute atomic E-state index is 11.1. The fourth-order valence-electron chi connectivity index (χ4n) is 2.02. The van der Waals surface area contributed by atoms with Crippen LogP contribution in [0.1, 0.15) is 12.0 Å². The molecule has 0 heterocycles. The monoisotopic (exact) mass is 283 g/mol. The highest BCUT2D eigenvalue weighted by Crippen LogP contribution is 2.23. The van der Waals surface area contributed by atoms with Crippen molar-refractivity contribution in [1.82, 2.24) is 0 Å². The molecule has 0 atom stereocenters. The van der Waals surface area contributed by atoms with Crippen LogP contribution in [0.15, 0.2) is 48.5 Å². The molecule has 0 amide bonds.